The minimum Gasteiger partial charge on any atom is -0.375 e. The molecule has 9 heteroatoms. The number of halogens is 7. The van der Waals surface area contributed by atoms with Crippen molar-refractivity contribution in [3.05, 3.63) is 73.2 Å². The van der Waals surface area contributed by atoms with Gasteiger partial charge in [0.2, 0.25) is 0 Å². The highest BCUT2D eigenvalue weighted by Gasteiger charge is 2.39. The molecule has 0 saturated heterocycles. The maximum Gasteiger partial charge on any atom is 0.399 e. The summed E-state index contributed by atoms with van der Waals surface area (Å²) in [5.74, 6) is -1.45. The Hall–Kier alpha value is -0.980. The summed E-state index contributed by atoms with van der Waals surface area (Å²) in [5, 5.41) is 3.57. The van der Waals surface area contributed by atoms with Gasteiger partial charge in [0.25, 0.3) is 0 Å². The molecule has 30 heavy (non-hydrogen) atoms. The fraction of sp³-hybridized carbons (Fsp3) is 0.286. The number of nitrogens with one attached hydrogen (secondary N) is 1. The van der Waals surface area contributed by atoms with E-state index in [1.54, 1.807) is 18.2 Å². The lowest BCUT2D eigenvalue weighted by atomic mass is 9.97. The average molecular weight is 513 g/mol. The molecule has 160 valence electrons. The molecule has 1 aliphatic carbocycles. The molecule has 1 fully saturated rings. The molecule has 2 aromatic carbocycles. The molecule has 0 amide bonds. The van der Waals surface area contributed by atoms with Gasteiger partial charge in [0.1, 0.15) is 0 Å². The van der Waals surface area contributed by atoms with Crippen molar-refractivity contribution in [2.75, 3.05) is 0 Å². The molecule has 0 spiro atoms. The second-order valence-corrected chi connectivity index (χ2v) is 9.06. The van der Waals surface area contributed by atoms with Gasteiger partial charge in [-0.3, -0.25) is 0 Å². The first kappa shape index (κ1) is 23.7. The molecule has 1 N–H and O–H groups in total. The first-order valence-corrected chi connectivity index (χ1v) is 10.9. The third-order valence-electron chi connectivity index (χ3n) is 4.68. The zero-order valence-electron chi connectivity index (χ0n) is 15.4. The molecule has 0 heterocycles. The van der Waals surface area contributed by atoms with Gasteiger partial charge >= 0.3 is 6.18 Å². The Morgan fingerprint density at radius 1 is 1.07 bits per heavy atom. The molecular formula is C21H16Cl4F3NS. The smallest absolute Gasteiger partial charge is 0.375 e. The van der Waals surface area contributed by atoms with Crippen molar-refractivity contribution in [1.29, 1.82) is 0 Å². The standard InChI is InChI=1S/C21H16Cl4F3NS/c22-16-7-11(1-3-13(16)10-29-20(30)12-4-5-12)2-6-15(21(26,27)28)14-8-17(23)19(25)18(24)9-14/h1-3,6-9,12,15H,4-5,10H2,(H,29,30). The van der Waals surface area contributed by atoms with Crippen molar-refractivity contribution in [2.45, 2.75) is 31.5 Å². The Kier molecular flexibility index (Phi) is 7.62. The zero-order valence-corrected chi connectivity index (χ0v) is 19.2. The topological polar surface area (TPSA) is 12.0 Å². The maximum atomic E-state index is 13.6. The average Bonchev–Trinajstić information content (AvgIpc) is 3.49. The first-order chi connectivity index (χ1) is 14.1. The Morgan fingerprint density at radius 2 is 1.70 bits per heavy atom. The molecular weight excluding hydrogens is 497 g/mol. The summed E-state index contributed by atoms with van der Waals surface area (Å²) in [4.78, 5) is 0.823. The van der Waals surface area contributed by atoms with Gasteiger partial charge in [-0.25, -0.2) is 0 Å². The van der Waals surface area contributed by atoms with Crippen molar-refractivity contribution in [1.82, 2.24) is 5.32 Å². The number of hydrogen-bond donors (Lipinski definition) is 1. The third-order valence-corrected chi connectivity index (χ3v) is 6.70. The van der Waals surface area contributed by atoms with Crippen molar-refractivity contribution < 1.29 is 13.2 Å². The van der Waals surface area contributed by atoms with Crippen LogP contribution in [0.4, 0.5) is 13.2 Å². The van der Waals surface area contributed by atoms with Gasteiger partial charge in [-0.2, -0.15) is 13.2 Å². The minimum atomic E-state index is -4.54. The van der Waals surface area contributed by atoms with Crippen LogP contribution >= 0.6 is 58.6 Å². The number of allylic oxidation sites excluding steroid dienone is 1. The summed E-state index contributed by atoms with van der Waals surface area (Å²) < 4.78 is 40.9. The van der Waals surface area contributed by atoms with E-state index in [1.807, 2.05) is 0 Å². The van der Waals surface area contributed by atoms with E-state index >= 15 is 0 Å². The molecule has 2 aromatic rings. The summed E-state index contributed by atoms with van der Waals surface area (Å²) in [7, 11) is 0. The lowest BCUT2D eigenvalue weighted by Gasteiger charge is -2.18. The monoisotopic (exact) mass is 511 g/mol. The second kappa shape index (κ2) is 9.66. The zero-order chi connectivity index (χ0) is 22.1. The quantitative estimate of drug-likeness (QED) is 0.307. The van der Waals surface area contributed by atoms with Crippen molar-refractivity contribution >= 4 is 69.7 Å². The van der Waals surface area contributed by atoms with Crippen molar-refractivity contribution in [3.8, 4) is 0 Å². The first-order valence-electron chi connectivity index (χ1n) is 9.01. The van der Waals surface area contributed by atoms with Gasteiger partial charge in [-0.05, 0) is 47.7 Å². The molecule has 0 bridgehead atoms. The van der Waals surface area contributed by atoms with E-state index in [9.17, 15) is 13.2 Å². The summed E-state index contributed by atoms with van der Waals surface area (Å²) in [6.45, 7) is 0.477. The third kappa shape index (κ3) is 6.04. The van der Waals surface area contributed by atoms with Crippen LogP contribution in [0.15, 0.2) is 36.4 Å². The molecule has 1 nitrogen and oxygen atoms in total. The highest BCUT2D eigenvalue weighted by atomic mass is 35.5. The highest BCUT2D eigenvalue weighted by molar-refractivity contribution is 7.80. The van der Waals surface area contributed by atoms with Crippen LogP contribution in [0.5, 0.6) is 0 Å². The second-order valence-electron chi connectivity index (χ2n) is 7.02. The van der Waals surface area contributed by atoms with E-state index in [0.717, 1.165) is 29.5 Å². The lowest BCUT2D eigenvalue weighted by molar-refractivity contribution is -0.139. The van der Waals surface area contributed by atoms with E-state index in [2.05, 4.69) is 5.32 Å². The van der Waals surface area contributed by atoms with Crippen LogP contribution < -0.4 is 5.32 Å². The lowest BCUT2D eigenvalue weighted by Crippen LogP contribution is -2.22. The Morgan fingerprint density at radius 3 is 2.23 bits per heavy atom. The number of alkyl halides is 3. The van der Waals surface area contributed by atoms with Crippen LogP contribution in [0, 0.1) is 5.92 Å². The Labute approximate surface area is 198 Å². The van der Waals surface area contributed by atoms with Crippen molar-refractivity contribution in [2.24, 2.45) is 5.92 Å². The SMILES string of the molecule is FC(F)(F)C(C=Cc1ccc(CNC(=S)C2CC2)c(Cl)c1)c1cc(Cl)c(Cl)c(Cl)c1. The predicted octanol–water partition coefficient (Wildman–Crippen LogP) is 8.49. The van der Waals surface area contributed by atoms with Gasteiger partial charge < -0.3 is 5.32 Å². The van der Waals surface area contributed by atoms with Crippen LogP contribution in [0.2, 0.25) is 20.1 Å². The fourth-order valence-electron chi connectivity index (χ4n) is 2.85. The number of thiocarbonyl (C=S) groups is 1. The normalized spacial score (nSPS) is 15.4. The van der Waals surface area contributed by atoms with E-state index in [-0.39, 0.29) is 20.6 Å². The van der Waals surface area contributed by atoms with E-state index in [0.29, 0.717) is 23.0 Å². The maximum absolute atomic E-state index is 13.6. The highest BCUT2D eigenvalue weighted by Crippen LogP contribution is 2.41. The fourth-order valence-corrected chi connectivity index (χ4v) is 4.03. The van der Waals surface area contributed by atoms with Gasteiger partial charge in [0.15, 0.2) is 0 Å². The minimum absolute atomic E-state index is 0.0177. The molecule has 1 saturated carbocycles. The van der Waals surface area contributed by atoms with Crippen LogP contribution in [0.3, 0.4) is 0 Å². The molecule has 3 rings (SSSR count). The number of benzene rings is 2. The molecule has 0 aromatic heterocycles. The van der Waals surface area contributed by atoms with Crippen LogP contribution in [-0.4, -0.2) is 11.2 Å². The largest absolute Gasteiger partial charge is 0.399 e. The van der Waals surface area contributed by atoms with Crippen LogP contribution in [0.1, 0.15) is 35.4 Å². The Balaban J connectivity index is 1.78. The summed E-state index contributed by atoms with van der Waals surface area (Å²) in [5.41, 5.74) is 1.26. The van der Waals surface area contributed by atoms with E-state index in [1.165, 1.54) is 18.2 Å². The predicted molar refractivity (Wildman–Crippen MR) is 123 cm³/mol. The van der Waals surface area contributed by atoms with Crippen LogP contribution in [-0.2, 0) is 6.54 Å². The number of rotatable bonds is 6. The van der Waals surface area contributed by atoms with E-state index < -0.39 is 12.1 Å². The number of hydrogen-bond acceptors (Lipinski definition) is 1. The molecule has 1 unspecified atom stereocenters. The summed E-state index contributed by atoms with van der Waals surface area (Å²) >= 11 is 29.2. The summed E-state index contributed by atoms with van der Waals surface area (Å²) in [6.07, 6.45) is 0.0821. The molecule has 1 aliphatic rings. The van der Waals surface area contributed by atoms with Gasteiger partial charge in [0.05, 0.1) is 26.0 Å². The van der Waals surface area contributed by atoms with Crippen molar-refractivity contribution in [3.63, 3.8) is 0 Å². The Bertz CT molecular complexity index is 964. The van der Waals surface area contributed by atoms with E-state index in [4.69, 9.17) is 58.6 Å². The van der Waals surface area contributed by atoms with Gasteiger partial charge in [-0.1, -0.05) is 82.9 Å². The van der Waals surface area contributed by atoms with Crippen LogP contribution in [0.25, 0.3) is 6.08 Å². The molecule has 0 aliphatic heterocycles. The molecule has 1 atom stereocenters. The van der Waals surface area contributed by atoms with Gasteiger partial charge in [-0.15, -0.1) is 0 Å². The van der Waals surface area contributed by atoms with Gasteiger partial charge in [0, 0.05) is 17.5 Å². The molecule has 0 radical (unpaired) electrons. The summed E-state index contributed by atoms with van der Waals surface area (Å²) in [6, 6.07) is 7.42.